The third-order valence-corrected chi connectivity index (χ3v) is 7.36. The number of methoxy groups -OCH3 is 1. The van der Waals surface area contributed by atoms with Gasteiger partial charge in [0.1, 0.15) is 0 Å². The van der Waals surface area contributed by atoms with Crippen LogP contribution in [0.2, 0.25) is 0 Å². The highest BCUT2D eigenvalue weighted by molar-refractivity contribution is 7.93. The summed E-state index contributed by atoms with van der Waals surface area (Å²) >= 11 is 0. The molecule has 6 heteroatoms. The molecule has 2 saturated heterocycles. The Bertz CT molecular complexity index is 663. The van der Waals surface area contributed by atoms with Gasteiger partial charge in [-0.3, -0.25) is 4.79 Å². The van der Waals surface area contributed by atoms with Gasteiger partial charge < -0.3 is 4.74 Å². The smallest absolute Gasteiger partial charge is 0.166 e. The van der Waals surface area contributed by atoms with Crippen molar-refractivity contribution in [2.24, 2.45) is 5.92 Å². The number of ketones is 1. The minimum absolute atomic E-state index is 0.0345. The molecule has 21 heavy (non-hydrogen) atoms. The molecule has 2 heterocycles. The summed E-state index contributed by atoms with van der Waals surface area (Å²) < 4.78 is 42.4. The van der Waals surface area contributed by atoms with E-state index in [9.17, 15) is 17.6 Å². The fourth-order valence-corrected chi connectivity index (χ4v) is 5.94. The first-order chi connectivity index (χ1) is 9.93. The SMILES string of the molecule is COc1cc(C(=O)C2CC3CCC(C2)S3(=O)=O)ccc1F. The van der Waals surface area contributed by atoms with Crippen molar-refractivity contribution in [3.05, 3.63) is 29.6 Å². The Balaban J connectivity index is 1.84. The predicted molar refractivity (Wildman–Crippen MR) is 75.7 cm³/mol. The molecular weight excluding hydrogens is 295 g/mol. The predicted octanol–water partition coefficient (Wildman–Crippen LogP) is 2.37. The molecular formula is C15H17FO4S. The van der Waals surface area contributed by atoms with E-state index in [0.29, 0.717) is 31.2 Å². The Morgan fingerprint density at radius 2 is 1.86 bits per heavy atom. The second kappa shape index (κ2) is 5.09. The summed E-state index contributed by atoms with van der Waals surface area (Å²) in [4.78, 5) is 12.5. The maximum absolute atomic E-state index is 13.4. The lowest BCUT2D eigenvalue weighted by Crippen LogP contribution is -2.36. The molecule has 2 aliphatic heterocycles. The van der Waals surface area contributed by atoms with Gasteiger partial charge in [0.15, 0.2) is 27.2 Å². The van der Waals surface area contributed by atoms with Crippen molar-refractivity contribution >= 4 is 15.6 Å². The zero-order valence-corrected chi connectivity index (χ0v) is 12.5. The van der Waals surface area contributed by atoms with E-state index in [4.69, 9.17) is 4.74 Å². The number of hydrogen-bond donors (Lipinski definition) is 0. The summed E-state index contributed by atoms with van der Waals surface area (Å²) in [5.41, 5.74) is 0.386. The largest absolute Gasteiger partial charge is 0.494 e. The van der Waals surface area contributed by atoms with Crippen molar-refractivity contribution < 1.29 is 22.3 Å². The van der Waals surface area contributed by atoms with Crippen LogP contribution in [0.15, 0.2) is 18.2 Å². The summed E-state index contributed by atoms with van der Waals surface area (Å²) in [5.74, 6) is -0.881. The Morgan fingerprint density at radius 3 is 2.43 bits per heavy atom. The minimum Gasteiger partial charge on any atom is -0.494 e. The number of benzene rings is 1. The van der Waals surface area contributed by atoms with E-state index in [0.717, 1.165) is 0 Å². The van der Waals surface area contributed by atoms with Gasteiger partial charge in [-0.1, -0.05) is 0 Å². The molecule has 3 rings (SSSR count). The number of rotatable bonds is 3. The van der Waals surface area contributed by atoms with E-state index >= 15 is 0 Å². The summed E-state index contributed by atoms with van der Waals surface area (Å²) in [6, 6.07) is 4.04. The maximum atomic E-state index is 13.4. The van der Waals surface area contributed by atoms with Gasteiger partial charge in [0, 0.05) is 11.5 Å². The van der Waals surface area contributed by atoms with Crippen LogP contribution in [-0.2, 0) is 9.84 Å². The maximum Gasteiger partial charge on any atom is 0.166 e. The van der Waals surface area contributed by atoms with Crippen LogP contribution < -0.4 is 4.74 Å². The average molecular weight is 312 g/mol. The van der Waals surface area contributed by atoms with E-state index in [1.807, 2.05) is 0 Å². The quantitative estimate of drug-likeness (QED) is 0.804. The van der Waals surface area contributed by atoms with Crippen LogP contribution in [0, 0.1) is 11.7 Å². The Labute approximate surface area is 123 Å². The monoisotopic (exact) mass is 312 g/mol. The van der Waals surface area contributed by atoms with Crippen LogP contribution in [0.25, 0.3) is 0 Å². The molecule has 2 aliphatic rings. The lowest BCUT2D eigenvalue weighted by atomic mass is 9.90. The van der Waals surface area contributed by atoms with E-state index in [-0.39, 0.29) is 28.0 Å². The molecule has 2 fully saturated rings. The fraction of sp³-hybridized carbons (Fsp3) is 0.533. The first kappa shape index (κ1) is 14.5. The van der Waals surface area contributed by atoms with Gasteiger partial charge >= 0.3 is 0 Å². The Kier molecular flexibility index (Phi) is 3.51. The summed E-state index contributed by atoms with van der Waals surface area (Å²) in [6.45, 7) is 0. The molecule has 0 radical (unpaired) electrons. The standard InChI is InChI=1S/C15H17FO4S/c1-20-14-8-9(2-5-13(14)16)15(17)10-6-11-3-4-12(7-10)21(11,18)19/h2,5,8,10-12H,3-4,6-7H2,1H3. The van der Waals surface area contributed by atoms with Crippen LogP contribution in [0.4, 0.5) is 4.39 Å². The van der Waals surface area contributed by atoms with Crippen molar-refractivity contribution in [2.45, 2.75) is 36.2 Å². The lowest BCUT2D eigenvalue weighted by Gasteiger charge is -2.27. The third-order valence-electron chi connectivity index (χ3n) is 4.64. The van der Waals surface area contributed by atoms with E-state index in [1.54, 1.807) is 0 Å². The van der Waals surface area contributed by atoms with Crippen LogP contribution in [0.1, 0.15) is 36.0 Å². The van der Waals surface area contributed by atoms with Gasteiger partial charge in [-0.25, -0.2) is 12.8 Å². The first-order valence-corrected chi connectivity index (χ1v) is 8.65. The summed E-state index contributed by atoms with van der Waals surface area (Å²) in [5, 5.41) is -0.764. The number of fused-ring (bicyclic) bond motifs is 2. The fourth-order valence-electron chi connectivity index (χ4n) is 3.47. The molecule has 114 valence electrons. The lowest BCUT2D eigenvalue weighted by molar-refractivity contribution is 0.0905. The van der Waals surface area contributed by atoms with E-state index in [1.165, 1.54) is 25.3 Å². The van der Waals surface area contributed by atoms with Crippen LogP contribution >= 0.6 is 0 Å². The second-order valence-corrected chi connectivity index (χ2v) is 8.30. The zero-order valence-electron chi connectivity index (χ0n) is 11.7. The zero-order chi connectivity index (χ0) is 15.2. The number of carbonyl (C=O) groups excluding carboxylic acids is 1. The summed E-state index contributed by atoms with van der Waals surface area (Å²) in [7, 11) is -1.69. The molecule has 0 saturated carbocycles. The third kappa shape index (κ3) is 2.35. The van der Waals surface area contributed by atoms with E-state index < -0.39 is 15.7 Å². The molecule has 0 aliphatic carbocycles. The van der Waals surface area contributed by atoms with Crippen LogP contribution in [-0.4, -0.2) is 31.8 Å². The van der Waals surface area contributed by atoms with Gasteiger partial charge in [-0.15, -0.1) is 0 Å². The van der Waals surface area contributed by atoms with Crippen molar-refractivity contribution in [2.75, 3.05) is 7.11 Å². The highest BCUT2D eigenvalue weighted by Crippen LogP contribution is 2.42. The number of carbonyl (C=O) groups is 1. The Morgan fingerprint density at radius 1 is 1.24 bits per heavy atom. The van der Waals surface area contributed by atoms with E-state index in [2.05, 4.69) is 0 Å². The molecule has 0 aromatic heterocycles. The van der Waals surface area contributed by atoms with Gasteiger partial charge in [0.25, 0.3) is 0 Å². The normalized spacial score (nSPS) is 30.1. The number of Topliss-reactive ketones (excluding diaryl/α,β-unsaturated/α-hetero) is 1. The molecule has 1 aromatic rings. The van der Waals surface area contributed by atoms with Gasteiger partial charge in [-0.2, -0.15) is 0 Å². The van der Waals surface area contributed by atoms with Crippen LogP contribution in [0.5, 0.6) is 5.75 Å². The number of hydrogen-bond acceptors (Lipinski definition) is 4. The molecule has 0 amide bonds. The number of halogens is 1. The molecule has 2 bridgehead atoms. The molecule has 2 unspecified atom stereocenters. The van der Waals surface area contributed by atoms with Crippen molar-refractivity contribution in [3.63, 3.8) is 0 Å². The van der Waals surface area contributed by atoms with Crippen LogP contribution in [0.3, 0.4) is 0 Å². The number of ether oxygens (including phenoxy) is 1. The molecule has 0 spiro atoms. The second-order valence-electron chi connectivity index (χ2n) is 5.79. The summed E-state index contributed by atoms with van der Waals surface area (Å²) in [6.07, 6.45) is 2.09. The highest BCUT2D eigenvalue weighted by atomic mass is 32.2. The molecule has 1 aromatic carbocycles. The highest BCUT2D eigenvalue weighted by Gasteiger charge is 2.48. The van der Waals surface area contributed by atoms with Crippen molar-refractivity contribution in [1.29, 1.82) is 0 Å². The first-order valence-electron chi connectivity index (χ1n) is 7.04. The Hall–Kier alpha value is -1.43. The molecule has 0 N–H and O–H groups in total. The molecule has 4 nitrogen and oxygen atoms in total. The number of sulfone groups is 1. The van der Waals surface area contributed by atoms with Gasteiger partial charge in [-0.05, 0) is 43.9 Å². The minimum atomic E-state index is -3.03. The topological polar surface area (TPSA) is 60.4 Å². The van der Waals surface area contributed by atoms with Crippen molar-refractivity contribution in [3.8, 4) is 5.75 Å². The molecule has 2 atom stereocenters. The van der Waals surface area contributed by atoms with Gasteiger partial charge in [0.2, 0.25) is 0 Å². The van der Waals surface area contributed by atoms with Gasteiger partial charge in [0.05, 0.1) is 17.6 Å². The van der Waals surface area contributed by atoms with Crippen molar-refractivity contribution in [1.82, 2.24) is 0 Å². The average Bonchev–Trinajstić information content (AvgIpc) is 2.67.